The summed E-state index contributed by atoms with van der Waals surface area (Å²) in [5, 5.41) is 8.56. The molecule has 1 aromatic carbocycles. The highest BCUT2D eigenvalue weighted by Gasteiger charge is 2.21. The minimum Gasteiger partial charge on any atom is -0.301 e. The predicted octanol–water partition coefficient (Wildman–Crippen LogP) is 1.53. The Morgan fingerprint density at radius 2 is 1.83 bits per heavy atom. The summed E-state index contributed by atoms with van der Waals surface area (Å²) in [7, 11) is 1.74. The zero-order valence-electron chi connectivity index (χ0n) is 14.3. The molecular formula is C16H26N4O2S. The standard InChI is InChI=1S/C16H26N4O2S/c1-5-14-7-9-15(10-8-14)16(19(2)3)13-18-23(21,22)20(4)12-6-11-17/h7-10,16,18H,5-6,12-13H2,1-4H3. The third-order valence-corrected chi connectivity index (χ3v) is 5.34. The first-order chi connectivity index (χ1) is 10.8. The second kappa shape index (κ2) is 8.99. The summed E-state index contributed by atoms with van der Waals surface area (Å²) < 4.78 is 28.2. The topological polar surface area (TPSA) is 76.4 Å². The normalized spacial score (nSPS) is 13.3. The minimum absolute atomic E-state index is 0.0555. The van der Waals surface area contributed by atoms with Crippen LogP contribution in [0, 0.1) is 11.3 Å². The Balaban J connectivity index is 2.78. The maximum absolute atomic E-state index is 12.2. The molecule has 23 heavy (non-hydrogen) atoms. The molecule has 1 rings (SSSR count). The van der Waals surface area contributed by atoms with Crippen molar-refractivity contribution >= 4 is 10.2 Å². The van der Waals surface area contributed by atoms with Crippen LogP contribution in [0.4, 0.5) is 0 Å². The van der Waals surface area contributed by atoms with Gasteiger partial charge in [0.15, 0.2) is 0 Å². The highest BCUT2D eigenvalue weighted by molar-refractivity contribution is 7.87. The minimum atomic E-state index is -3.58. The van der Waals surface area contributed by atoms with Crippen LogP contribution in [-0.4, -0.2) is 51.9 Å². The van der Waals surface area contributed by atoms with Gasteiger partial charge < -0.3 is 4.90 Å². The zero-order chi connectivity index (χ0) is 17.5. The molecule has 0 amide bonds. The third-order valence-electron chi connectivity index (χ3n) is 3.80. The Morgan fingerprint density at radius 1 is 1.22 bits per heavy atom. The average Bonchev–Trinajstić information content (AvgIpc) is 2.52. The molecule has 6 nitrogen and oxygen atoms in total. The Bertz CT molecular complexity index is 620. The Hall–Kier alpha value is -1.46. The third kappa shape index (κ3) is 5.92. The van der Waals surface area contributed by atoms with E-state index in [1.165, 1.54) is 16.9 Å². The van der Waals surface area contributed by atoms with Gasteiger partial charge in [-0.15, -0.1) is 0 Å². The van der Waals surface area contributed by atoms with E-state index in [-0.39, 0.29) is 25.6 Å². The molecule has 0 spiro atoms. The number of rotatable bonds is 9. The maximum atomic E-state index is 12.2. The highest BCUT2D eigenvalue weighted by Crippen LogP contribution is 2.18. The molecule has 1 N–H and O–H groups in total. The van der Waals surface area contributed by atoms with Gasteiger partial charge in [0.25, 0.3) is 10.2 Å². The molecule has 0 saturated carbocycles. The van der Waals surface area contributed by atoms with Crippen molar-refractivity contribution in [2.24, 2.45) is 0 Å². The summed E-state index contributed by atoms with van der Waals surface area (Å²) in [6.07, 6.45) is 1.15. The van der Waals surface area contributed by atoms with Gasteiger partial charge in [-0.25, -0.2) is 4.72 Å². The smallest absolute Gasteiger partial charge is 0.279 e. The number of nitriles is 1. The number of benzene rings is 1. The summed E-state index contributed by atoms with van der Waals surface area (Å²) in [5.41, 5.74) is 2.32. The molecule has 1 aromatic rings. The van der Waals surface area contributed by atoms with E-state index in [1.807, 2.05) is 37.2 Å². The van der Waals surface area contributed by atoms with Crippen LogP contribution in [0.25, 0.3) is 0 Å². The van der Waals surface area contributed by atoms with Crippen molar-refractivity contribution in [3.8, 4) is 6.07 Å². The van der Waals surface area contributed by atoms with Crippen LogP contribution < -0.4 is 4.72 Å². The van der Waals surface area contributed by atoms with Gasteiger partial charge in [-0.1, -0.05) is 31.2 Å². The predicted molar refractivity (Wildman–Crippen MR) is 92.0 cm³/mol. The monoisotopic (exact) mass is 338 g/mol. The quantitative estimate of drug-likeness (QED) is 0.741. The molecule has 1 unspecified atom stereocenters. The largest absolute Gasteiger partial charge is 0.301 e. The summed E-state index contributed by atoms with van der Waals surface area (Å²) >= 11 is 0. The molecule has 1 atom stereocenters. The van der Waals surface area contributed by atoms with Gasteiger partial charge in [0.2, 0.25) is 0 Å². The molecule has 0 radical (unpaired) electrons. The number of nitrogens with zero attached hydrogens (tertiary/aromatic N) is 3. The summed E-state index contributed by atoms with van der Waals surface area (Å²) in [6.45, 7) is 2.56. The lowest BCUT2D eigenvalue weighted by atomic mass is 10.0. The molecule has 0 aliphatic rings. The first kappa shape index (κ1) is 19.6. The lowest BCUT2D eigenvalue weighted by Crippen LogP contribution is -2.42. The van der Waals surface area contributed by atoms with Crippen molar-refractivity contribution in [3.05, 3.63) is 35.4 Å². The molecule has 0 bridgehead atoms. The number of aryl methyl sites for hydroxylation is 1. The number of likely N-dealkylation sites (N-methyl/N-ethyl adjacent to an activating group) is 1. The van der Waals surface area contributed by atoms with Crippen molar-refractivity contribution in [1.29, 1.82) is 5.26 Å². The summed E-state index contributed by atoms with van der Waals surface area (Å²) in [6, 6.07) is 10.1. The van der Waals surface area contributed by atoms with Gasteiger partial charge in [-0.3, -0.25) is 0 Å². The van der Waals surface area contributed by atoms with E-state index in [4.69, 9.17) is 5.26 Å². The van der Waals surface area contributed by atoms with E-state index < -0.39 is 10.2 Å². The highest BCUT2D eigenvalue weighted by atomic mass is 32.2. The van der Waals surface area contributed by atoms with E-state index in [9.17, 15) is 8.42 Å². The molecule has 0 saturated heterocycles. The van der Waals surface area contributed by atoms with Crippen molar-refractivity contribution in [2.45, 2.75) is 25.8 Å². The fourth-order valence-electron chi connectivity index (χ4n) is 2.20. The second-order valence-corrected chi connectivity index (χ2v) is 7.52. The van der Waals surface area contributed by atoms with Gasteiger partial charge in [0.05, 0.1) is 6.07 Å². The van der Waals surface area contributed by atoms with Crippen molar-refractivity contribution in [3.63, 3.8) is 0 Å². The lowest BCUT2D eigenvalue weighted by Gasteiger charge is -2.26. The second-order valence-electron chi connectivity index (χ2n) is 5.66. The van der Waals surface area contributed by atoms with Gasteiger partial charge in [0, 0.05) is 32.6 Å². The maximum Gasteiger partial charge on any atom is 0.279 e. The van der Waals surface area contributed by atoms with Crippen LogP contribution in [0.5, 0.6) is 0 Å². The molecule has 128 valence electrons. The number of hydrogen-bond acceptors (Lipinski definition) is 4. The average molecular weight is 338 g/mol. The molecule has 7 heteroatoms. The summed E-state index contributed by atoms with van der Waals surface area (Å²) in [4.78, 5) is 1.98. The van der Waals surface area contributed by atoms with E-state index in [0.29, 0.717) is 0 Å². The molecule has 0 aromatic heterocycles. The molecule has 0 fully saturated rings. The fraction of sp³-hybridized carbons (Fsp3) is 0.562. The Labute approximate surface area is 139 Å². The van der Waals surface area contributed by atoms with Crippen molar-refractivity contribution in [2.75, 3.05) is 34.2 Å². The first-order valence-electron chi connectivity index (χ1n) is 7.65. The van der Waals surface area contributed by atoms with Crippen LogP contribution in [0.2, 0.25) is 0 Å². The fourth-order valence-corrected chi connectivity index (χ4v) is 3.12. The van der Waals surface area contributed by atoms with Crippen molar-refractivity contribution in [1.82, 2.24) is 13.9 Å². The van der Waals surface area contributed by atoms with E-state index in [0.717, 1.165) is 12.0 Å². The molecule has 0 aliphatic heterocycles. The SMILES string of the molecule is CCc1ccc(C(CNS(=O)(=O)N(C)CCC#N)N(C)C)cc1. The molecule has 0 aliphatic carbocycles. The first-order valence-corrected chi connectivity index (χ1v) is 9.09. The zero-order valence-corrected chi connectivity index (χ0v) is 15.1. The van der Waals surface area contributed by atoms with E-state index in [2.05, 4.69) is 23.8 Å². The van der Waals surface area contributed by atoms with Gasteiger partial charge in [0.1, 0.15) is 0 Å². The van der Waals surface area contributed by atoms with E-state index in [1.54, 1.807) is 0 Å². The lowest BCUT2D eigenvalue weighted by molar-refractivity contribution is 0.297. The van der Waals surface area contributed by atoms with Crippen LogP contribution in [-0.2, 0) is 16.6 Å². The Morgan fingerprint density at radius 3 is 2.30 bits per heavy atom. The van der Waals surface area contributed by atoms with Crippen LogP contribution in [0.15, 0.2) is 24.3 Å². The van der Waals surface area contributed by atoms with Crippen LogP contribution >= 0.6 is 0 Å². The number of nitrogens with one attached hydrogen (secondary N) is 1. The molecular weight excluding hydrogens is 312 g/mol. The van der Waals surface area contributed by atoms with Gasteiger partial charge in [-0.2, -0.15) is 18.0 Å². The van der Waals surface area contributed by atoms with Crippen LogP contribution in [0.3, 0.4) is 0 Å². The van der Waals surface area contributed by atoms with Crippen molar-refractivity contribution < 1.29 is 8.42 Å². The Kier molecular flexibility index (Phi) is 7.65. The van der Waals surface area contributed by atoms with Gasteiger partial charge >= 0.3 is 0 Å². The van der Waals surface area contributed by atoms with Gasteiger partial charge in [-0.05, 0) is 31.6 Å². The summed E-state index contributed by atoms with van der Waals surface area (Å²) in [5.74, 6) is 0. The van der Waals surface area contributed by atoms with Crippen LogP contribution in [0.1, 0.15) is 30.5 Å². The molecule has 0 heterocycles. The van der Waals surface area contributed by atoms with E-state index >= 15 is 0 Å². The number of hydrogen-bond donors (Lipinski definition) is 1.